The Bertz CT molecular complexity index is 650. The molecule has 0 aliphatic rings. The molecule has 20 heavy (non-hydrogen) atoms. The number of amides is 1. The van der Waals surface area contributed by atoms with Crippen molar-refractivity contribution in [3.05, 3.63) is 64.3 Å². The Kier molecular flexibility index (Phi) is 4.30. The highest BCUT2D eigenvalue weighted by Gasteiger charge is 2.10. The molecule has 0 bridgehead atoms. The number of aryl methyl sites for hydroxylation is 1. The van der Waals surface area contributed by atoms with Crippen LogP contribution in [0.25, 0.3) is 0 Å². The van der Waals surface area contributed by atoms with Crippen molar-refractivity contribution < 1.29 is 4.79 Å². The second-order valence-electron chi connectivity index (χ2n) is 4.70. The van der Waals surface area contributed by atoms with Gasteiger partial charge in [0.25, 0.3) is 5.56 Å². The van der Waals surface area contributed by atoms with Crippen molar-refractivity contribution in [3.63, 3.8) is 0 Å². The fourth-order valence-electron chi connectivity index (χ4n) is 1.90. The third kappa shape index (κ3) is 3.54. The van der Waals surface area contributed by atoms with E-state index in [4.69, 9.17) is 0 Å². The summed E-state index contributed by atoms with van der Waals surface area (Å²) in [5.41, 5.74) is 1.44. The van der Waals surface area contributed by atoms with E-state index < -0.39 is 0 Å². The maximum atomic E-state index is 11.9. The summed E-state index contributed by atoms with van der Waals surface area (Å²) in [5, 5.41) is 2.86. The highest BCUT2D eigenvalue weighted by Crippen LogP contribution is 2.10. The fraction of sp³-hybridized carbons (Fsp3) is 0.267. The minimum absolute atomic E-state index is 0.0245. The Hall–Kier alpha value is -2.43. The third-order valence-corrected chi connectivity index (χ3v) is 3.01. The van der Waals surface area contributed by atoms with Crippen LogP contribution in [0, 0.1) is 6.92 Å². The van der Waals surface area contributed by atoms with E-state index >= 15 is 0 Å². The monoisotopic (exact) mass is 271 g/mol. The van der Waals surface area contributed by atoms with E-state index in [1.54, 1.807) is 6.92 Å². The normalized spacial score (nSPS) is 11.9. The Morgan fingerprint density at radius 1 is 1.35 bits per heavy atom. The minimum Gasteiger partial charge on any atom is -0.348 e. The smallest absolute Gasteiger partial charge is 0.253 e. The van der Waals surface area contributed by atoms with Gasteiger partial charge in [-0.1, -0.05) is 30.3 Å². The summed E-state index contributed by atoms with van der Waals surface area (Å²) < 4.78 is 1.29. The van der Waals surface area contributed by atoms with Crippen LogP contribution in [0.2, 0.25) is 0 Å². The Morgan fingerprint density at radius 2 is 2.05 bits per heavy atom. The SMILES string of the molecule is Cc1cc(=O)n(CC(=O)NC(C)c2ccccc2)cn1. The summed E-state index contributed by atoms with van der Waals surface area (Å²) in [6.07, 6.45) is 1.39. The first-order valence-corrected chi connectivity index (χ1v) is 6.43. The number of carbonyl (C=O) groups is 1. The average Bonchev–Trinajstić information content (AvgIpc) is 2.43. The quantitative estimate of drug-likeness (QED) is 0.915. The number of nitrogens with zero attached hydrogens (tertiary/aromatic N) is 2. The molecular weight excluding hydrogens is 254 g/mol. The van der Waals surface area contributed by atoms with Gasteiger partial charge in [0.1, 0.15) is 6.54 Å². The first-order chi connectivity index (χ1) is 9.56. The average molecular weight is 271 g/mol. The molecule has 1 aromatic carbocycles. The molecule has 0 spiro atoms. The van der Waals surface area contributed by atoms with E-state index in [2.05, 4.69) is 10.3 Å². The molecule has 1 N–H and O–H groups in total. The van der Waals surface area contributed by atoms with Crippen LogP contribution in [0.5, 0.6) is 0 Å². The second kappa shape index (κ2) is 6.14. The van der Waals surface area contributed by atoms with Crippen molar-refractivity contribution in [2.24, 2.45) is 0 Å². The lowest BCUT2D eigenvalue weighted by Gasteiger charge is -2.14. The molecule has 0 radical (unpaired) electrons. The number of rotatable bonds is 4. The van der Waals surface area contributed by atoms with E-state index in [1.165, 1.54) is 17.0 Å². The summed E-state index contributed by atoms with van der Waals surface area (Å²) in [5.74, 6) is -0.214. The Balaban J connectivity index is 2.01. The van der Waals surface area contributed by atoms with Crippen LogP contribution in [0.4, 0.5) is 0 Å². The van der Waals surface area contributed by atoms with Crippen LogP contribution in [0.3, 0.4) is 0 Å². The molecule has 0 saturated carbocycles. The predicted octanol–water partition coefficient (Wildman–Crippen LogP) is 1.43. The third-order valence-electron chi connectivity index (χ3n) is 3.01. The van der Waals surface area contributed by atoms with Gasteiger partial charge in [-0.2, -0.15) is 0 Å². The molecule has 0 aliphatic carbocycles. The van der Waals surface area contributed by atoms with Gasteiger partial charge in [-0.15, -0.1) is 0 Å². The lowest BCUT2D eigenvalue weighted by molar-refractivity contribution is -0.122. The van der Waals surface area contributed by atoms with E-state index in [9.17, 15) is 9.59 Å². The highest BCUT2D eigenvalue weighted by atomic mass is 16.2. The van der Waals surface area contributed by atoms with Gasteiger partial charge in [0.2, 0.25) is 5.91 Å². The molecule has 1 aromatic heterocycles. The summed E-state index contributed by atoms with van der Waals surface area (Å²) >= 11 is 0. The van der Waals surface area contributed by atoms with Gasteiger partial charge >= 0.3 is 0 Å². The molecule has 1 amide bonds. The number of hydrogen-bond acceptors (Lipinski definition) is 3. The number of benzene rings is 1. The largest absolute Gasteiger partial charge is 0.348 e. The molecule has 0 saturated heterocycles. The highest BCUT2D eigenvalue weighted by molar-refractivity contribution is 5.76. The first kappa shape index (κ1) is 14.0. The molecule has 1 heterocycles. The molecule has 5 heteroatoms. The maximum absolute atomic E-state index is 11.9. The topological polar surface area (TPSA) is 64.0 Å². The zero-order valence-corrected chi connectivity index (χ0v) is 11.5. The van der Waals surface area contributed by atoms with Gasteiger partial charge in [0.05, 0.1) is 12.4 Å². The van der Waals surface area contributed by atoms with Crippen LogP contribution >= 0.6 is 0 Å². The second-order valence-corrected chi connectivity index (χ2v) is 4.70. The molecule has 104 valence electrons. The molecule has 5 nitrogen and oxygen atoms in total. The Labute approximate surface area is 117 Å². The molecule has 1 unspecified atom stereocenters. The van der Waals surface area contributed by atoms with Crippen LogP contribution in [0.1, 0.15) is 24.2 Å². The summed E-state index contributed by atoms with van der Waals surface area (Å²) in [6, 6.07) is 11.0. The zero-order valence-electron chi connectivity index (χ0n) is 11.5. The van der Waals surface area contributed by atoms with Crippen molar-refractivity contribution in [1.82, 2.24) is 14.9 Å². The maximum Gasteiger partial charge on any atom is 0.253 e. The first-order valence-electron chi connectivity index (χ1n) is 6.43. The van der Waals surface area contributed by atoms with Gasteiger partial charge in [-0.3, -0.25) is 14.2 Å². The van der Waals surface area contributed by atoms with Gasteiger partial charge < -0.3 is 5.32 Å². The van der Waals surface area contributed by atoms with E-state index in [0.29, 0.717) is 5.69 Å². The van der Waals surface area contributed by atoms with Crippen LogP contribution in [0.15, 0.2) is 47.5 Å². The van der Waals surface area contributed by atoms with Crippen LogP contribution < -0.4 is 10.9 Å². The van der Waals surface area contributed by atoms with Crippen molar-refractivity contribution in [2.45, 2.75) is 26.4 Å². The molecule has 0 aliphatic heterocycles. The fourth-order valence-corrected chi connectivity index (χ4v) is 1.90. The lowest BCUT2D eigenvalue weighted by atomic mass is 10.1. The van der Waals surface area contributed by atoms with Gasteiger partial charge in [0, 0.05) is 11.8 Å². The van der Waals surface area contributed by atoms with E-state index in [0.717, 1.165) is 5.56 Å². The van der Waals surface area contributed by atoms with Crippen LogP contribution in [-0.2, 0) is 11.3 Å². The van der Waals surface area contributed by atoms with Gasteiger partial charge in [-0.25, -0.2) is 4.98 Å². The van der Waals surface area contributed by atoms with Crippen molar-refractivity contribution >= 4 is 5.91 Å². The standard InChI is InChI=1S/C15H17N3O2/c1-11-8-15(20)18(10-16-11)9-14(19)17-12(2)13-6-4-3-5-7-13/h3-8,10,12H,9H2,1-2H3,(H,17,19). The van der Waals surface area contributed by atoms with E-state index in [-0.39, 0.29) is 24.1 Å². The molecule has 0 fully saturated rings. The molecule has 1 atom stereocenters. The molecule has 2 aromatic rings. The zero-order chi connectivity index (χ0) is 14.5. The Morgan fingerprint density at radius 3 is 2.70 bits per heavy atom. The van der Waals surface area contributed by atoms with Crippen LogP contribution in [-0.4, -0.2) is 15.5 Å². The summed E-state index contributed by atoms with van der Waals surface area (Å²) in [7, 11) is 0. The molecule has 2 rings (SSSR count). The molecular formula is C15H17N3O2. The van der Waals surface area contributed by atoms with Crippen molar-refractivity contribution in [1.29, 1.82) is 0 Å². The number of hydrogen-bond donors (Lipinski definition) is 1. The number of carbonyl (C=O) groups excluding carboxylic acids is 1. The van der Waals surface area contributed by atoms with Crippen molar-refractivity contribution in [2.75, 3.05) is 0 Å². The summed E-state index contributed by atoms with van der Waals surface area (Å²) in [4.78, 5) is 27.6. The van der Waals surface area contributed by atoms with Gasteiger partial charge in [-0.05, 0) is 19.4 Å². The summed E-state index contributed by atoms with van der Waals surface area (Å²) in [6.45, 7) is 3.62. The predicted molar refractivity (Wildman–Crippen MR) is 76.2 cm³/mol. The van der Waals surface area contributed by atoms with Gasteiger partial charge in [0.15, 0.2) is 0 Å². The van der Waals surface area contributed by atoms with E-state index in [1.807, 2.05) is 37.3 Å². The van der Waals surface area contributed by atoms with Crippen molar-refractivity contribution in [3.8, 4) is 0 Å². The minimum atomic E-state index is -0.222. The number of nitrogens with one attached hydrogen (secondary N) is 1. The number of aromatic nitrogens is 2. The lowest BCUT2D eigenvalue weighted by Crippen LogP contribution is -2.33.